The van der Waals surface area contributed by atoms with Gasteiger partial charge in [-0.05, 0) is 17.5 Å². The zero-order valence-electron chi connectivity index (χ0n) is 8.12. The number of rotatable bonds is 5. The molecule has 0 heterocycles. The van der Waals surface area contributed by atoms with E-state index in [4.69, 9.17) is 5.11 Å². The molecule has 0 radical (unpaired) electrons. The van der Waals surface area contributed by atoms with E-state index in [1.54, 1.807) is 24.3 Å². The molecule has 1 N–H and O–H groups in total. The lowest BCUT2D eigenvalue weighted by atomic mass is 10.1. The minimum absolute atomic E-state index is 0.0637. The highest BCUT2D eigenvalue weighted by Crippen LogP contribution is 2.10. The molecule has 0 saturated heterocycles. The van der Waals surface area contributed by atoms with Gasteiger partial charge in [-0.3, -0.25) is 4.79 Å². The summed E-state index contributed by atoms with van der Waals surface area (Å²) in [6.07, 6.45) is -2.09. The fourth-order valence-electron chi connectivity index (χ4n) is 1.27. The first-order valence-corrected chi connectivity index (χ1v) is 4.65. The van der Waals surface area contributed by atoms with Crippen molar-refractivity contribution in [2.45, 2.75) is 25.7 Å². The van der Waals surface area contributed by atoms with Gasteiger partial charge in [0.25, 0.3) is 0 Å². The Morgan fingerprint density at radius 2 is 1.73 bits per heavy atom. The van der Waals surface area contributed by atoms with Crippen molar-refractivity contribution in [3.8, 4) is 0 Å². The monoisotopic (exact) mass is 214 g/mol. The molecule has 1 aromatic rings. The maximum absolute atomic E-state index is 12.0. The van der Waals surface area contributed by atoms with Crippen LogP contribution in [0.2, 0.25) is 0 Å². The van der Waals surface area contributed by atoms with E-state index in [2.05, 4.69) is 0 Å². The summed E-state index contributed by atoms with van der Waals surface area (Å²) in [6.45, 7) is 0. The van der Waals surface area contributed by atoms with Gasteiger partial charge < -0.3 is 5.11 Å². The Kier molecular flexibility index (Phi) is 4.21. The van der Waals surface area contributed by atoms with Gasteiger partial charge >= 0.3 is 5.97 Å². The largest absolute Gasteiger partial charge is 0.481 e. The Morgan fingerprint density at radius 1 is 1.20 bits per heavy atom. The number of halogens is 2. The molecule has 0 amide bonds. The number of benzene rings is 1. The molecule has 0 saturated carbocycles. The molecule has 0 unspecified atom stereocenters. The summed E-state index contributed by atoms with van der Waals surface area (Å²) in [7, 11) is 0. The Balaban J connectivity index is 2.52. The van der Waals surface area contributed by atoms with Crippen LogP contribution in [0.5, 0.6) is 0 Å². The summed E-state index contributed by atoms with van der Waals surface area (Å²) >= 11 is 0. The first-order valence-electron chi connectivity index (χ1n) is 4.65. The Morgan fingerprint density at radius 3 is 2.20 bits per heavy atom. The molecule has 1 aromatic carbocycles. The SMILES string of the molecule is O=C(O)CCc1ccc(CC(F)F)cc1. The van der Waals surface area contributed by atoms with E-state index in [0.29, 0.717) is 12.0 Å². The molecule has 0 aromatic heterocycles. The van der Waals surface area contributed by atoms with Crippen molar-refractivity contribution in [1.29, 1.82) is 0 Å². The van der Waals surface area contributed by atoms with E-state index in [-0.39, 0.29) is 12.8 Å². The highest BCUT2D eigenvalue weighted by molar-refractivity contribution is 5.67. The molecule has 4 heteroatoms. The topological polar surface area (TPSA) is 37.3 Å². The molecule has 0 fully saturated rings. The van der Waals surface area contributed by atoms with Crippen molar-refractivity contribution in [2.24, 2.45) is 0 Å². The van der Waals surface area contributed by atoms with Gasteiger partial charge in [0.1, 0.15) is 0 Å². The summed E-state index contributed by atoms with van der Waals surface area (Å²) in [5.41, 5.74) is 1.43. The third kappa shape index (κ3) is 4.54. The van der Waals surface area contributed by atoms with Gasteiger partial charge in [0, 0.05) is 12.8 Å². The maximum atomic E-state index is 12.0. The predicted molar refractivity (Wildman–Crippen MR) is 52.1 cm³/mol. The minimum Gasteiger partial charge on any atom is -0.481 e. The van der Waals surface area contributed by atoms with Crippen LogP contribution in [0.4, 0.5) is 8.78 Å². The lowest BCUT2D eigenvalue weighted by Gasteiger charge is -2.02. The second-order valence-electron chi connectivity index (χ2n) is 3.31. The summed E-state index contributed by atoms with van der Waals surface area (Å²) in [5.74, 6) is -0.855. The first kappa shape index (κ1) is 11.6. The molecule has 15 heavy (non-hydrogen) atoms. The Labute approximate surface area is 86.5 Å². The van der Waals surface area contributed by atoms with Crippen molar-refractivity contribution in [1.82, 2.24) is 0 Å². The van der Waals surface area contributed by atoms with Gasteiger partial charge in [-0.25, -0.2) is 8.78 Å². The van der Waals surface area contributed by atoms with E-state index in [0.717, 1.165) is 5.56 Å². The van der Waals surface area contributed by atoms with Gasteiger partial charge in [-0.1, -0.05) is 24.3 Å². The van der Waals surface area contributed by atoms with Crippen molar-refractivity contribution in [3.05, 3.63) is 35.4 Å². The van der Waals surface area contributed by atoms with Crippen LogP contribution in [0, 0.1) is 0 Å². The normalized spacial score (nSPS) is 10.6. The van der Waals surface area contributed by atoms with E-state index < -0.39 is 12.4 Å². The molecule has 0 bridgehead atoms. The van der Waals surface area contributed by atoms with Crippen molar-refractivity contribution < 1.29 is 18.7 Å². The van der Waals surface area contributed by atoms with E-state index in [9.17, 15) is 13.6 Å². The van der Waals surface area contributed by atoms with Gasteiger partial charge in [0.2, 0.25) is 6.43 Å². The van der Waals surface area contributed by atoms with Crippen LogP contribution in [0.1, 0.15) is 17.5 Å². The second-order valence-corrected chi connectivity index (χ2v) is 3.31. The van der Waals surface area contributed by atoms with E-state index in [1.807, 2.05) is 0 Å². The van der Waals surface area contributed by atoms with Gasteiger partial charge in [0.05, 0.1) is 0 Å². The lowest BCUT2D eigenvalue weighted by Crippen LogP contribution is -1.99. The average Bonchev–Trinajstić information content (AvgIpc) is 2.16. The molecule has 0 aliphatic rings. The van der Waals surface area contributed by atoms with Crippen LogP contribution in [0.15, 0.2) is 24.3 Å². The van der Waals surface area contributed by atoms with E-state index in [1.165, 1.54) is 0 Å². The van der Waals surface area contributed by atoms with Crippen LogP contribution in [0.25, 0.3) is 0 Å². The number of hydrogen-bond donors (Lipinski definition) is 1. The number of hydrogen-bond acceptors (Lipinski definition) is 1. The predicted octanol–water partition coefficient (Wildman–Crippen LogP) is 2.51. The smallest absolute Gasteiger partial charge is 0.303 e. The van der Waals surface area contributed by atoms with Crippen LogP contribution in [0.3, 0.4) is 0 Å². The van der Waals surface area contributed by atoms with Crippen molar-refractivity contribution in [2.75, 3.05) is 0 Å². The number of aryl methyl sites for hydroxylation is 1. The third-order valence-corrected chi connectivity index (χ3v) is 2.04. The quantitative estimate of drug-likeness (QED) is 0.817. The minimum atomic E-state index is -2.34. The molecule has 0 spiro atoms. The van der Waals surface area contributed by atoms with Crippen molar-refractivity contribution in [3.63, 3.8) is 0 Å². The number of alkyl halides is 2. The number of carboxylic acids is 1. The molecule has 2 nitrogen and oxygen atoms in total. The van der Waals surface area contributed by atoms with Crippen LogP contribution in [-0.2, 0) is 17.6 Å². The van der Waals surface area contributed by atoms with Crippen LogP contribution >= 0.6 is 0 Å². The Hall–Kier alpha value is -1.45. The molecule has 1 rings (SSSR count). The average molecular weight is 214 g/mol. The number of carbonyl (C=O) groups is 1. The lowest BCUT2D eigenvalue weighted by molar-refractivity contribution is -0.136. The van der Waals surface area contributed by atoms with E-state index >= 15 is 0 Å². The fraction of sp³-hybridized carbons (Fsp3) is 0.364. The molecule has 0 aliphatic heterocycles. The molecule has 0 atom stereocenters. The van der Waals surface area contributed by atoms with Gasteiger partial charge in [0.15, 0.2) is 0 Å². The van der Waals surface area contributed by atoms with Gasteiger partial charge in [-0.2, -0.15) is 0 Å². The summed E-state index contributed by atoms with van der Waals surface area (Å²) in [4.78, 5) is 10.3. The molecule has 0 aliphatic carbocycles. The summed E-state index contributed by atoms with van der Waals surface area (Å²) in [5, 5.41) is 8.45. The number of aliphatic carboxylic acids is 1. The summed E-state index contributed by atoms with van der Waals surface area (Å²) < 4.78 is 24.0. The van der Waals surface area contributed by atoms with Crippen LogP contribution in [-0.4, -0.2) is 17.5 Å². The molecule has 82 valence electrons. The third-order valence-electron chi connectivity index (χ3n) is 2.04. The zero-order valence-corrected chi connectivity index (χ0v) is 8.12. The Bertz CT molecular complexity index is 320. The highest BCUT2D eigenvalue weighted by atomic mass is 19.3. The zero-order chi connectivity index (χ0) is 11.3. The van der Waals surface area contributed by atoms with Gasteiger partial charge in [-0.15, -0.1) is 0 Å². The molecular formula is C11H12F2O2. The fourth-order valence-corrected chi connectivity index (χ4v) is 1.27. The highest BCUT2D eigenvalue weighted by Gasteiger charge is 2.04. The van der Waals surface area contributed by atoms with Crippen molar-refractivity contribution >= 4 is 5.97 Å². The second kappa shape index (κ2) is 5.44. The summed E-state index contributed by atoms with van der Waals surface area (Å²) in [6, 6.07) is 6.62. The first-order chi connectivity index (χ1) is 7.08. The molecular weight excluding hydrogens is 202 g/mol. The number of carboxylic acid groups (broad SMARTS) is 1. The standard InChI is InChI=1S/C11H12F2O2/c12-10(13)7-9-3-1-8(2-4-9)5-6-11(14)15/h1-4,10H,5-7H2,(H,14,15). The maximum Gasteiger partial charge on any atom is 0.303 e. The van der Waals surface area contributed by atoms with Crippen LogP contribution < -0.4 is 0 Å².